The van der Waals surface area contributed by atoms with Crippen molar-refractivity contribution < 1.29 is 0 Å². The SMILES string of the molecule is CCCCC(CC)Cn1cc[nH]c1=S. The number of hydrogen-bond acceptors (Lipinski definition) is 1. The molecule has 1 atom stereocenters. The zero-order chi connectivity index (χ0) is 10.4. The molecule has 0 bridgehead atoms. The molecule has 80 valence electrons. The summed E-state index contributed by atoms with van der Waals surface area (Å²) < 4.78 is 2.99. The van der Waals surface area contributed by atoms with Gasteiger partial charge in [-0.1, -0.05) is 33.1 Å². The molecule has 0 fully saturated rings. The van der Waals surface area contributed by atoms with Gasteiger partial charge in [0.25, 0.3) is 0 Å². The van der Waals surface area contributed by atoms with Gasteiger partial charge in [-0.3, -0.25) is 0 Å². The van der Waals surface area contributed by atoms with E-state index in [2.05, 4.69) is 23.4 Å². The van der Waals surface area contributed by atoms with Gasteiger partial charge in [-0.05, 0) is 24.6 Å². The van der Waals surface area contributed by atoms with Crippen LogP contribution in [0.15, 0.2) is 12.4 Å². The van der Waals surface area contributed by atoms with Crippen LogP contribution in [0.4, 0.5) is 0 Å². The van der Waals surface area contributed by atoms with Crippen molar-refractivity contribution in [1.82, 2.24) is 9.55 Å². The van der Waals surface area contributed by atoms with Crippen molar-refractivity contribution in [2.75, 3.05) is 0 Å². The fraction of sp³-hybridized carbons (Fsp3) is 0.727. The third-order valence-corrected chi connectivity index (χ3v) is 3.07. The first-order valence-corrected chi connectivity index (χ1v) is 5.92. The summed E-state index contributed by atoms with van der Waals surface area (Å²) in [6, 6.07) is 0. The lowest BCUT2D eigenvalue weighted by Crippen LogP contribution is -2.09. The minimum absolute atomic E-state index is 0.775. The summed E-state index contributed by atoms with van der Waals surface area (Å²) in [5.41, 5.74) is 0. The van der Waals surface area contributed by atoms with Gasteiger partial charge in [0.2, 0.25) is 0 Å². The van der Waals surface area contributed by atoms with Crippen molar-refractivity contribution in [2.24, 2.45) is 5.92 Å². The van der Waals surface area contributed by atoms with Gasteiger partial charge in [-0.25, -0.2) is 0 Å². The molecule has 1 N–H and O–H groups in total. The predicted octanol–water partition coefficient (Wildman–Crippen LogP) is 3.76. The Morgan fingerprint density at radius 1 is 1.50 bits per heavy atom. The van der Waals surface area contributed by atoms with Crippen LogP contribution in [0.25, 0.3) is 0 Å². The molecule has 0 aliphatic carbocycles. The molecule has 0 amide bonds. The topological polar surface area (TPSA) is 20.7 Å². The number of aromatic amines is 1. The molecule has 1 heterocycles. The average molecular weight is 212 g/mol. The van der Waals surface area contributed by atoms with Crippen LogP contribution in [0.5, 0.6) is 0 Å². The van der Waals surface area contributed by atoms with E-state index in [0.717, 1.165) is 17.2 Å². The van der Waals surface area contributed by atoms with E-state index in [1.807, 2.05) is 12.4 Å². The molecule has 3 heteroatoms. The van der Waals surface area contributed by atoms with Gasteiger partial charge in [0.1, 0.15) is 0 Å². The highest BCUT2D eigenvalue weighted by Gasteiger charge is 2.06. The third kappa shape index (κ3) is 3.29. The first-order chi connectivity index (χ1) is 6.77. The van der Waals surface area contributed by atoms with Crippen molar-refractivity contribution in [2.45, 2.75) is 46.1 Å². The Labute approximate surface area is 91.3 Å². The number of imidazole rings is 1. The molecule has 0 saturated heterocycles. The summed E-state index contributed by atoms with van der Waals surface area (Å²) in [7, 11) is 0. The summed E-state index contributed by atoms with van der Waals surface area (Å²) in [6.45, 7) is 5.57. The van der Waals surface area contributed by atoms with Crippen LogP contribution in [0.1, 0.15) is 39.5 Å². The van der Waals surface area contributed by atoms with Crippen molar-refractivity contribution in [3.63, 3.8) is 0 Å². The average Bonchev–Trinajstić information content (AvgIpc) is 2.59. The van der Waals surface area contributed by atoms with E-state index in [1.165, 1.54) is 25.7 Å². The molecule has 1 aromatic heterocycles. The summed E-state index contributed by atoms with van der Waals surface area (Å²) in [4.78, 5) is 3.03. The van der Waals surface area contributed by atoms with Crippen molar-refractivity contribution in [3.05, 3.63) is 17.2 Å². The first kappa shape index (κ1) is 11.5. The highest BCUT2D eigenvalue weighted by Crippen LogP contribution is 2.15. The highest BCUT2D eigenvalue weighted by molar-refractivity contribution is 7.71. The van der Waals surface area contributed by atoms with Crippen LogP contribution < -0.4 is 0 Å². The molecule has 1 unspecified atom stereocenters. The van der Waals surface area contributed by atoms with Crippen LogP contribution in [-0.4, -0.2) is 9.55 Å². The van der Waals surface area contributed by atoms with Gasteiger partial charge < -0.3 is 9.55 Å². The highest BCUT2D eigenvalue weighted by atomic mass is 32.1. The van der Waals surface area contributed by atoms with E-state index in [-0.39, 0.29) is 0 Å². The molecule has 2 nitrogen and oxygen atoms in total. The van der Waals surface area contributed by atoms with E-state index in [1.54, 1.807) is 0 Å². The lowest BCUT2D eigenvalue weighted by Gasteiger charge is -2.14. The molecular formula is C11H20N2S. The second-order valence-electron chi connectivity index (χ2n) is 3.83. The van der Waals surface area contributed by atoms with Gasteiger partial charge in [-0.15, -0.1) is 0 Å². The summed E-state index contributed by atoms with van der Waals surface area (Å²) in [5, 5.41) is 0. The molecule has 0 saturated carbocycles. The van der Waals surface area contributed by atoms with Gasteiger partial charge >= 0.3 is 0 Å². The summed E-state index contributed by atoms with van der Waals surface area (Å²) in [6.07, 6.45) is 9.13. The molecule has 0 radical (unpaired) electrons. The zero-order valence-corrected chi connectivity index (χ0v) is 9.94. The van der Waals surface area contributed by atoms with E-state index in [9.17, 15) is 0 Å². The maximum absolute atomic E-state index is 5.17. The van der Waals surface area contributed by atoms with E-state index in [0.29, 0.717) is 0 Å². The number of aromatic nitrogens is 2. The molecule has 14 heavy (non-hydrogen) atoms. The Kier molecular flexibility index (Phi) is 4.94. The van der Waals surface area contributed by atoms with E-state index >= 15 is 0 Å². The Bertz CT molecular complexity index is 300. The van der Waals surface area contributed by atoms with Gasteiger partial charge in [0.05, 0.1) is 0 Å². The van der Waals surface area contributed by atoms with Crippen molar-refractivity contribution in [3.8, 4) is 0 Å². The summed E-state index contributed by atoms with van der Waals surface area (Å²) in [5.74, 6) is 0.775. The second kappa shape index (κ2) is 6.02. The maximum atomic E-state index is 5.17. The molecule has 1 aromatic rings. The molecule has 0 aliphatic rings. The van der Waals surface area contributed by atoms with E-state index < -0.39 is 0 Å². The smallest absolute Gasteiger partial charge is 0.177 e. The minimum Gasteiger partial charge on any atom is -0.337 e. The molecule has 0 aliphatic heterocycles. The van der Waals surface area contributed by atoms with Crippen LogP contribution in [0.3, 0.4) is 0 Å². The van der Waals surface area contributed by atoms with Gasteiger partial charge in [-0.2, -0.15) is 0 Å². The number of rotatable bonds is 6. The Balaban J connectivity index is 2.48. The number of hydrogen-bond donors (Lipinski definition) is 1. The zero-order valence-electron chi connectivity index (χ0n) is 9.12. The van der Waals surface area contributed by atoms with Crippen LogP contribution in [-0.2, 0) is 6.54 Å². The standard InChI is InChI=1S/C11H20N2S/c1-3-5-6-10(4-2)9-13-8-7-12-11(13)14/h7-8,10H,3-6,9H2,1-2H3,(H,12,14). The predicted molar refractivity (Wildman–Crippen MR) is 62.9 cm³/mol. The summed E-state index contributed by atoms with van der Waals surface area (Å²) >= 11 is 5.17. The lowest BCUT2D eigenvalue weighted by molar-refractivity contribution is 0.389. The lowest BCUT2D eigenvalue weighted by atomic mass is 9.99. The van der Waals surface area contributed by atoms with E-state index in [4.69, 9.17) is 12.2 Å². The Morgan fingerprint density at radius 3 is 2.79 bits per heavy atom. The fourth-order valence-corrected chi connectivity index (χ4v) is 1.89. The monoisotopic (exact) mass is 212 g/mol. The molecular weight excluding hydrogens is 192 g/mol. The molecule has 0 spiro atoms. The second-order valence-corrected chi connectivity index (χ2v) is 4.22. The normalized spacial score (nSPS) is 13.0. The first-order valence-electron chi connectivity index (χ1n) is 5.51. The molecule has 1 rings (SSSR count). The number of H-pyrrole nitrogens is 1. The Hall–Kier alpha value is -0.570. The van der Waals surface area contributed by atoms with Crippen LogP contribution >= 0.6 is 12.2 Å². The minimum atomic E-state index is 0.775. The number of nitrogens with one attached hydrogen (secondary N) is 1. The quantitative estimate of drug-likeness (QED) is 0.712. The van der Waals surface area contributed by atoms with Crippen molar-refractivity contribution in [1.29, 1.82) is 0 Å². The largest absolute Gasteiger partial charge is 0.337 e. The van der Waals surface area contributed by atoms with Gasteiger partial charge in [0.15, 0.2) is 4.77 Å². The van der Waals surface area contributed by atoms with Gasteiger partial charge in [0, 0.05) is 18.9 Å². The molecule has 0 aromatic carbocycles. The third-order valence-electron chi connectivity index (χ3n) is 2.72. The number of nitrogens with zero attached hydrogens (tertiary/aromatic N) is 1. The fourth-order valence-electron chi connectivity index (χ4n) is 1.69. The number of unbranched alkanes of at least 4 members (excludes halogenated alkanes) is 1. The van der Waals surface area contributed by atoms with Crippen LogP contribution in [0.2, 0.25) is 0 Å². The van der Waals surface area contributed by atoms with Crippen molar-refractivity contribution >= 4 is 12.2 Å². The Morgan fingerprint density at radius 2 is 2.29 bits per heavy atom. The maximum Gasteiger partial charge on any atom is 0.177 e. The van der Waals surface area contributed by atoms with Crippen LogP contribution in [0, 0.1) is 10.7 Å².